The third-order valence-electron chi connectivity index (χ3n) is 2.84. The topological polar surface area (TPSA) is 112 Å². The minimum atomic E-state index is -4.58. The Balaban J connectivity index is 2.29. The zero-order valence-corrected chi connectivity index (χ0v) is 12.1. The van der Waals surface area contributed by atoms with E-state index in [1.807, 2.05) is 0 Å². The molecule has 1 unspecified atom stereocenters. The van der Waals surface area contributed by atoms with Crippen LogP contribution in [0.25, 0.3) is 0 Å². The molecule has 0 saturated heterocycles. The molecule has 0 amide bonds. The number of halogens is 3. The number of H-pyrrole nitrogens is 1. The molecule has 1 heterocycles. The van der Waals surface area contributed by atoms with Crippen LogP contribution in [0, 0.1) is 17.5 Å². The maximum absolute atomic E-state index is 13.1. The van der Waals surface area contributed by atoms with Gasteiger partial charge in [-0.15, -0.1) is 0 Å². The molecule has 0 aliphatic heterocycles. The van der Waals surface area contributed by atoms with Gasteiger partial charge in [-0.3, -0.25) is 4.79 Å². The van der Waals surface area contributed by atoms with E-state index in [0.717, 1.165) is 0 Å². The van der Waals surface area contributed by atoms with Gasteiger partial charge in [-0.2, -0.15) is 4.72 Å². The second kappa shape index (κ2) is 6.38. The Morgan fingerprint density at radius 3 is 2.39 bits per heavy atom. The summed E-state index contributed by atoms with van der Waals surface area (Å²) >= 11 is 0. The van der Waals surface area contributed by atoms with E-state index in [9.17, 15) is 26.4 Å². The lowest BCUT2D eigenvalue weighted by atomic mass is 10.2. The van der Waals surface area contributed by atoms with E-state index in [1.54, 1.807) is 4.72 Å². The van der Waals surface area contributed by atoms with Crippen molar-refractivity contribution in [1.29, 1.82) is 0 Å². The Morgan fingerprint density at radius 2 is 1.91 bits per heavy atom. The predicted octanol–water partition coefficient (Wildman–Crippen LogP) is 0.801. The van der Waals surface area contributed by atoms with Gasteiger partial charge in [0.05, 0.1) is 11.2 Å². The van der Waals surface area contributed by atoms with Gasteiger partial charge in [0.25, 0.3) is 0 Å². The molecule has 0 saturated carbocycles. The van der Waals surface area contributed by atoms with E-state index in [4.69, 9.17) is 5.11 Å². The van der Waals surface area contributed by atoms with Crippen molar-refractivity contribution in [3.8, 4) is 0 Å². The molecule has 0 fully saturated rings. The highest BCUT2D eigenvalue weighted by molar-refractivity contribution is 7.89. The molecule has 0 aliphatic rings. The van der Waals surface area contributed by atoms with E-state index in [-0.39, 0.29) is 18.6 Å². The van der Waals surface area contributed by atoms with Crippen LogP contribution in [0.2, 0.25) is 0 Å². The summed E-state index contributed by atoms with van der Waals surface area (Å²) in [6.07, 6.45) is 2.29. The summed E-state index contributed by atoms with van der Waals surface area (Å²) in [6.45, 7) is 0. The Kier molecular flexibility index (Phi) is 4.71. The van der Waals surface area contributed by atoms with E-state index in [2.05, 4.69) is 9.97 Å². The van der Waals surface area contributed by atoms with Gasteiger partial charge in [-0.05, 0) is 12.1 Å². The van der Waals surface area contributed by atoms with Crippen LogP contribution in [0.3, 0.4) is 0 Å². The van der Waals surface area contributed by atoms with E-state index < -0.39 is 44.4 Å². The van der Waals surface area contributed by atoms with Crippen LogP contribution in [0.5, 0.6) is 0 Å². The summed E-state index contributed by atoms with van der Waals surface area (Å²) in [4.78, 5) is 16.5. The molecule has 0 bridgehead atoms. The number of aliphatic carboxylic acids is 1. The van der Waals surface area contributed by atoms with Gasteiger partial charge in [0.2, 0.25) is 10.0 Å². The number of aromatic nitrogens is 2. The number of carboxylic acid groups (broad SMARTS) is 1. The fourth-order valence-electron chi connectivity index (χ4n) is 1.74. The number of nitrogens with one attached hydrogen (secondary N) is 2. The van der Waals surface area contributed by atoms with Crippen molar-refractivity contribution in [3.63, 3.8) is 0 Å². The minimum absolute atomic E-state index is 0.260. The van der Waals surface area contributed by atoms with Crippen molar-refractivity contribution >= 4 is 16.0 Å². The number of carboxylic acids is 1. The third-order valence-corrected chi connectivity index (χ3v) is 4.29. The molecule has 1 aromatic heterocycles. The van der Waals surface area contributed by atoms with Crippen LogP contribution in [0.1, 0.15) is 5.69 Å². The second-order valence-corrected chi connectivity index (χ2v) is 6.21. The van der Waals surface area contributed by atoms with Gasteiger partial charge < -0.3 is 10.1 Å². The first kappa shape index (κ1) is 17.0. The van der Waals surface area contributed by atoms with Crippen molar-refractivity contribution in [2.24, 2.45) is 0 Å². The molecule has 1 atom stereocenters. The molecule has 2 rings (SSSR count). The lowest BCUT2D eigenvalue weighted by molar-refractivity contribution is -0.138. The standard InChI is InChI=1S/C12H10F3N3O4S/c13-8-2-7(3-9(14)11(8)15)23(21,22)18-10(12(19)20)1-6-4-16-5-17-6/h2-5,10,18H,1H2,(H,16,17)(H,19,20). The summed E-state index contributed by atoms with van der Waals surface area (Å²) in [7, 11) is -4.58. The molecule has 7 nitrogen and oxygen atoms in total. The van der Waals surface area contributed by atoms with E-state index in [0.29, 0.717) is 5.69 Å². The predicted molar refractivity (Wildman–Crippen MR) is 70.4 cm³/mol. The van der Waals surface area contributed by atoms with Crippen LogP contribution in [0.15, 0.2) is 29.6 Å². The first-order valence-electron chi connectivity index (χ1n) is 6.07. The molecule has 1 aromatic carbocycles. The molecule has 2 aromatic rings. The molecule has 0 spiro atoms. The summed E-state index contributed by atoms with van der Waals surface area (Å²) in [6, 6.07) is -1.09. The summed E-state index contributed by atoms with van der Waals surface area (Å²) in [5.41, 5.74) is 0.330. The van der Waals surface area contributed by atoms with Gasteiger partial charge in [-0.25, -0.2) is 26.6 Å². The highest BCUT2D eigenvalue weighted by Crippen LogP contribution is 2.18. The van der Waals surface area contributed by atoms with Gasteiger partial charge >= 0.3 is 5.97 Å². The van der Waals surface area contributed by atoms with Gasteiger partial charge in [-0.1, -0.05) is 0 Å². The number of hydrogen-bond acceptors (Lipinski definition) is 4. The van der Waals surface area contributed by atoms with Gasteiger partial charge in [0, 0.05) is 18.3 Å². The minimum Gasteiger partial charge on any atom is -0.480 e. The van der Waals surface area contributed by atoms with Crippen LogP contribution in [-0.2, 0) is 21.2 Å². The molecule has 0 aliphatic carbocycles. The maximum Gasteiger partial charge on any atom is 0.322 e. The summed E-state index contributed by atoms with van der Waals surface area (Å²) in [5.74, 6) is -6.74. The van der Waals surface area contributed by atoms with Crippen molar-refractivity contribution in [1.82, 2.24) is 14.7 Å². The Labute approximate surface area is 128 Å². The van der Waals surface area contributed by atoms with Crippen LogP contribution < -0.4 is 4.72 Å². The first-order chi connectivity index (χ1) is 10.7. The fraction of sp³-hybridized carbons (Fsp3) is 0.167. The average Bonchev–Trinajstić information content (AvgIpc) is 2.96. The number of sulfonamides is 1. The lowest BCUT2D eigenvalue weighted by Crippen LogP contribution is -2.42. The van der Waals surface area contributed by atoms with Crippen molar-refractivity contribution in [2.75, 3.05) is 0 Å². The smallest absolute Gasteiger partial charge is 0.322 e. The molecule has 0 radical (unpaired) electrons. The summed E-state index contributed by atoms with van der Waals surface area (Å²) in [5, 5.41) is 9.07. The summed E-state index contributed by atoms with van der Waals surface area (Å²) < 4.78 is 65.0. The van der Waals surface area contributed by atoms with Crippen molar-refractivity contribution in [3.05, 3.63) is 47.8 Å². The highest BCUT2D eigenvalue weighted by Gasteiger charge is 2.27. The molecule has 124 valence electrons. The van der Waals surface area contributed by atoms with Crippen molar-refractivity contribution in [2.45, 2.75) is 17.4 Å². The molecule has 11 heteroatoms. The highest BCUT2D eigenvalue weighted by atomic mass is 32.2. The van der Waals surface area contributed by atoms with Crippen molar-refractivity contribution < 1.29 is 31.5 Å². The molecular weight excluding hydrogens is 339 g/mol. The number of benzene rings is 1. The number of rotatable bonds is 6. The number of imidazole rings is 1. The molecular formula is C12H10F3N3O4S. The largest absolute Gasteiger partial charge is 0.480 e. The lowest BCUT2D eigenvalue weighted by Gasteiger charge is -2.14. The quantitative estimate of drug-likeness (QED) is 0.668. The van der Waals surface area contributed by atoms with Crippen LogP contribution in [-0.4, -0.2) is 35.5 Å². The monoisotopic (exact) mass is 349 g/mol. The second-order valence-electron chi connectivity index (χ2n) is 4.49. The third kappa shape index (κ3) is 3.87. The molecule has 3 N–H and O–H groups in total. The number of carbonyl (C=O) groups is 1. The average molecular weight is 349 g/mol. The number of nitrogens with zero attached hydrogens (tertiary/aromatic N) is 1. The Morgan fingerprint density at radius 1 is 1.30 bits per heavy atom. The van der Waals surface area contributed by atoms with Gasteiger partial charge in [0.1, 0.15) is 6.04 Å². The maximum atomic E-state index is 13.1. The Hall–Kier alpha value is -2.40. The van der Waals surface area contributed by atoms with Crippen LogP contribution >= 0.6 is 0 Å². The van der Waals surface area contributed by atoms with E-state index >= 15 is 0 Å². The normalized spacial score (nSPS) is 13.0. The van der Waals surface area contributed by atoms with Crippen LogP contribution in [0.4, 0.5) is 13.2 Å². The number of hydrogen-bond donors (Lipinski definition) is 3. The fourth-order valence-corrected chi connectivity index (χ4v) is 2.95. The first-order valence-corrected chi connectivity index (χ1v) is 7.56. The zero-order valence-electron chi connectivity index (χ0n) is 11.3. The van der Waals surface area contributed by atoms with E-state index in [1.165, 1.54) is 12.5 Å². The zero-order chi connectivity index (χ0) is 17.2. The molecule has 23 heavy (non-hydrogen) atoms. The number of aromatic amines is 1. The SMILES string of the molecule is O=C(O)C(Cc1cnc[nH]1)NS(=O)(=O)c1cc(F)c(F)c(F)c1. The van der Waals surface area contributed by atoms with Gasteiger partial charge in [0.15, 0.2) is 17.5 Å². The Bertz CT molecular complexity index is 801.